The van der Waals surface area contributed by atoms with Crippen molar-refractivity contribution in [3.05, 3.63) is 58.0 Å². The number of furan rings is 1. The van der Waals surface area contributed by atoms with Gasteiger partial charge in [0.15, 0.2) is 15.6 Å². The molecule has 2 amide bonds. The third-order valence-corrected chi connectivity index (χ3v) is 4.33. The van der Waals surface area contributed by atoms with E-state index in [1.165, 1.54) is 12.3 Å². The van der Waals surface area contributed by atoms with Gasteiger partial charge in [0.25, 0.3) is 17.5 Å². The van der Waals surface area contributed by atoms with Crippen molar-refractivity contribution in [2.24, 2.45) is 0 Å². The molecule has 0 saturated carbocycles. The molecule has 26 heavy (non-hydrogen) atoms. The molecule has 0 unspecified atom stereocenters. The summed E-state index contributed by atoms with van der Waals surface area (Å²) >= 11 is 0. The molecule has 0 bridgehead atoms. The Hall–Kier alpha value is -3.21. The van der Waals surface area contributed by atoms with Crippen LogP contribution in [0.4, 0.5) is 5.69 Å². The minimum Gasteiger partial charge on any atom is -0.459 e. The first kappa shape index (κ1) is 19.1. The minimum atomic E-state index is -3.73. The fraction of sp³-hybridized carbons (Fsp3) is 0.200. The number of nitrogens with zero attached hydrogens (tertiary/aromatic N) is 1. The van der Waals surface area contributed by atoms with Gasteiger partial charge in [-0.05, 0) is 18.2 Å². The van der Waals surface area contributed by atoms with E-state index in [4.69, 9.17) is 4.42 Å². The summed E-state index contributed by atoms with van der Waals surface area (Å²) in [6, 6.07) is 5.95. The van der Waals surface area contributed by atoms with E-state index < -0.39 is 32.3 Å². The monoisotopic (exact) mass is 381 g/mol. The summed E-state index contributed by atoms with van der Waals surface area (Å²) in [5.41, 5.74) is -0.679. The molecule has 0 spiro atoms. The van der Waals surface area contributed by atoms with E-state index in [1.807, 2.05) is 0 Å². The summed E-state index contributed by atoms with van der Waals surface area (Å²) in [5.74, 6) is -1.04. The summed E-state index contributed by atoms with van der Waals surface area (Å²) in [5, 5.41) is 15.9. The largest absolute Gasteiger partial charge is 0.459 e. The molecule has 2 N–H and O–H groups in total. The Balaban J connectivity index is 2.01. The van der Waals surface area contributed by atoms with Crippen molar-refractivity contribution in [2.45, 2.75) is 4.90 Å². The first-order valence-electron chi connectivity index (χ1n) is 7.28. The molecular weight excluding hydrogens is 366 g/mol. The zero-order chi connectivity index (χ0) is 19.3. The lowest BCUT2D eigenvalue weighted by Crippen LogP contribution is -2.34. The highest BCUT2D eigenvalue weighted by Crippen LogP contribution is 2.20. The second kappa shape index (κ2) is 7.78. The highest BCUT2D eigenvalue weighted by Gasteiger charge is 2.19. The number of rotatable bonds is 7. The van der Waals surface area contributed by atoms with Gasteiger partial charge in [-0.15, -0.1) is 0 Å². The lowest BCUT2D eigenvalue weighted by Gasteiger charge is -2.07. The fourth-order valence-electron chi connectivity index (χ4n) is 1.98. The van der Waals surface area contributed by atoms with Crippen molar-refractivity contribution in [1.82, 2.24) is 10.6 Å². The predicted octanol–water partition coefficient (Wildman–Crippen LogP) is 0.751. The van der Waals surface area contributed by atoms with Crippen LogP contribution in [-0.4, -0.2) is 44.5 Å². The maximum absolute atomic E-state index is 12.1. The zero-order valence-electron chi connectivity index (χ0n) is 13.6. The molecule has 10 nitrogen and oxygen atoms in total. The van der Waals surface area contributed by atoms with Crippen LogP contribution in [0.2, 0.25) is 0 Å². The van der Waals surface area contributed by atoms with Crippen LogP contribution in [0.15, 0.2) is 45.9 Å². The molecule has 1 aromatic carbocycles. The summed E-state index contributed by atoms with van der Waals surface area (Å²) in [6.45, 7) is 0.112. The number of amides is 2. The molecule has 0 fully saturated rings. The molecule has 0 atom stereocenters. The van der Waals surface area contributed by atoms with E-state index >= 15 is 0 Å². The van der Waals surface area contributed by atoms with Crippen LogP contribution >= 0.6 is 0 Å². The first-order chi connectivity index (χ1) is 12.2. The quantitative estimate of drug-likeness (QED) is 0.408. The van der Waals surface area contributed by atoms with Crippen molar-refractivity contribution in [3.8, 4) is 0 Å². The molecule has 0 aliphatic carbocycles. The van der Waals surface area contributed by atoms with Crippen LogP contribution in [0.5, 0.6) is 0 Å². The molecule has 11 heteroatoms. The van der Waals surface area contributed by atoms with Gasteiger partial charge in [0.2, 0.25) is 0 Å². The summed E-state index contributed by atoms with van der Waals surface area (Å²) in [7, 11) is -3.73. The molecule has 1 heterocycles. The van der Waals surface area contributed by atoms with E-state index in [2.05, 4.69) is 10.6 Å². The number of nitro benzene ring substituents is 1. The Morgan fingerprint density at radius 2 is 1.81 bits per heavy atom. The average Bonchev–Trinajstić information content (AvgIpc) is 3.11. The second-order valence-electron chi connectivity index (χ2n) is 5.23. The van der Waals surface area contributed by atoms with E-state index in [0.717, 1.165) is 24.5 Å². The number of benzene rings is 1. The van der Waals surface area contributed by atoms with Crippen LogP contribution in [0.3, 0.4) is 0 Å². The fourth-order valence-corrected chi connectivity index (χ4v) is 2.66. The maximum Gasteiger partial charge on any atom is 0.287 e. The predicted molar refractivity (Wildman–Crippen MR) is 89.6 cm³/mol. The van der Waals surface area contributed by atoms with Gasteiger partial charge < -0.3 is 15.1 Å². The van der Waals surface area contributed by atoms with E-state index in [9.17, 15) is 28.1 Å². The van der Waals surface area contributed by atoms with Crippen LogP contribution < -0.4 is 10.6 Å². The average molecular weight is 381 g/mol. The summed E-state index contributed by atoms with van der Waals surface area (Å²) < 4.78 is 28.1. The highest BCUT2D eigenvalue weighted by atomic mass is 32.2. The molecule has 1 aromatic heterocycles. The second-order valence-corrected chi connectivity index (χ2v) is 7.25. The van der Waals surface area contributed by atoms with E-state index in [-0.39, 0.29) is 29.3 Å². The number of hydrogen-bond acceptors (Lipinski definition) is 7. The summed E-state index contributed by atoms with van der Waals surface area (Å²) in [6.07, 6.45) is 2.23. The van der Waals surface area contributed by atoms with Gasteiger partial charge in [-0.2, -0.15) is 0 Å². The third kappa shape index (κ3) is 4.89. The third-order valence-electron chi connectivity index (χ3n) is 3.23. The molecule has 0 aliphatic heterocycles. The molecular formula is C15H15N3O7S. The number of carbonyl (C=O) groups is 2. The van der Waals surface area contributed by atoms with Gasteiger partial charge in [-0.3, -0.25) is 19.7 Å². The topological polar surface area (TPSA) is 149 Å². The van der Waals surface area contributed by atoms with E-state index in [1.54, 1.807) is 6.07 Å². The van der Waals surface area contributed by atoms with Gasteiger partial charge in [-0.1, -0.05) is 0 Å². The Bertz CT molecular complexity index is 936. The molecule has 0 aliphatic rings. The number of nitro groups is 1. The number of hydrogen-bond donors (Lipinski definition) is 2. The van der Waals surface area contributed by atoms with Crippen LogP contribution in [-0.2, 0) is 9.84 Å². The van der Waals surface area contributed by atoms with Crippen molar-refractivity contribution in [2.75, 3.05) is 19.3 Å². The number of nitrogens with one attached hydrogen (secondary N) is 2. The number of carbonyl (C=O) groups excluding carboxylic acids is 2. The Kier molecular flexibility index (Phi) is 5.72. The number of non-ortho nitro benzene ring substituents is 1. The van der Waals surface area contributed by atoms with Gasteiger partial charge in [-0.25, -0.2) is 8.42 Å². The maximum atomic E-state index is 12.1. The van der Waals surface area contributed by atoms with Crippen molar-refractivity contribution >= 4 is 27.3 Å². The first-order valence-corrected chi connectivity index (χ1v) is 9.17. The van der Waals surface area contributed by atoms with Crippen molar-refractivity contribution < 1.29 is 27.3 Å². The van der Waals surface area contributed by atoms with Crippen LogP contribution in [0.1, 0.15) is 20.9 Å². The molecule has 0 saturated heterocycles. The minimum absolute atomic E-state index is 0.0299. The standard InChI is InChI=1S/C15H15N3O7S/c1-26(23,24)12-8-10(7-11(9-12)18(21)22)14(19)16-4-5-17-15(20)13-3-2-6-25-13/h2-3,6-9H,4-5H2,1H3,(H,16,19)(H,17,20). The molecule has 0 radical (unpaired) electrons. The smallest absolute Gasteiger partial charge is 0.287 e. The van der Waals surface area contributed by atoms with Gasteiger partial charge in [0, 0.05) is 37.0 Å². The number of sulfone groups is 1. The van der Waals surface area contributed by atoms with Gasteiger partial charge in [0.05, 0.1) is 16.1 Å². The molecule has 2 rings (SSSR count). The van der Waals surface area contributed by atoms with Crippen LogP contribution in [0, 0.1) is 10.1 Å². The normalized spacial score (nSPS) is 11.0. The SMILES string of the molecule is CS(=O)(=O)c1cc(C(=O)NCCNC(=O)c2ccco2)cc([N+](=O)[O-])c1. The van der Waals surface area contributed by atoms with E-state index in [0.29, 0.717) is 0 Å². The highest BCUT2D eigenvalue weighted by molar-refractivity contribution is 7.90. The van der Waals surface area contributed by atoms with Crippen LogP contribution in [0.25, 0.3) is 0 Å². The Labute approximate surface area is 148 Å². The lowest BCUT2D eigenvalue weighted by molar-refractivity contribution is -0.385. The van der Waals surface area contributed by atoms with Crippen molar-refractivity contribution in [3.63, 3.8) is 0 Å². The lowest BCUT2D eigenvalue weighted by atomic mass is 10.2. The Morgan fingerprint density at radius 3 is 2.35 bits per heavy atom. The van der Waals surface area contributed by atoms with Gasteiger partial charge in [0.1, 0.15) is 0 Å². The van der Waals surface area contributed by atoms with Crippen molar-refractivity contribution in [1.29, 1.82) is 0 Å². The molecule has 2 aromatic rings. The summed E-state index contributed by atoms with van der Waals surface area (Å²) in [4.78, 5) is 33.6. The molecule has 138 valence electrons. The zero-order valence-corrected chi connectivity index (χ0v) is 14.4. The van der Waals surface area contributed by atoms with Gasteiger partial charge >= 0.3 is 0 Å². The Morgan fingerprint density at radius 1 is 1.15 bits per heavy atom.